The molecule has 0 aromatic heterocycles. The van der Waals surface area contributed by atoms with Crippen molar-refractivity contribution in [2.45, 2.75) is 64.9 Å². The highest BCUT2D eigenvalue weighted by Gasteiger charge is 2.53. The van der Waals surface area contributed by atoms with Crippen LogP contribution in [-0.4, -0.2) is 19.1 Å². The Hall–Kier alpha value is -4.25. The smallest absolute Gasteiger partial charge is 0.340 e. The molecule has 0 radical (unpaired) electrons. The second-order valence-corrected chi connectivity index (χ2v) is 11.3. The molecule has 0 aliphatic carbocycles. The van der Waals surface area contributed by atoms with Crippen molar-refractivity contribution in [1.29, 1.82) is 0 Å². The average molecular weight is 561 g/mol. The Balaban J connectivity index is 1.40. The lowest BCUT2D eigenvalue weighted by atomic mass is 9.77. The van der Waals surface area contributed by atoms with Crippen molar-refractivity contribution >= 4 is 23.0 Å². The first kappa shape index (κ1) is 27.9. The topological polar surface area (TPSA) is 50.8 Å². The van der Waals surface area contributed by atoms with E-state index < -0.39 is 5.60 Å². The van der Waals surface area contributed by atoms with Crippen LogP contribution in [0.4, 0.5) is 17.1 Å². The van der Waals surface area contributed by atoms with Gasteiger partial charge in [0.25, 0.3) is 0 Å². The van der Waals surface area contributed by atoms with Gasteiger partial charge in [0, 0.05) is 52.9 Å². The molecule has 0 saturated carbocycles. The van der Waals surface area contributed by atoms with E-state index in [1.54, 1.807) is 0 Å². The van der Waals surface area contributed by atoms with Crippen LogP contribution in [0.25, 0.3) is 0 Å². The van der Waals surface area contributed by atoms with E-state index in [2.05, 4.69) is 79.5 Å². The Morgan fingerprint density at radius 1 is 0.738 bits per heavy atom. The van der Waals surface area contributed by atoms with Gasteiger partial charge in [0.05, 0.1) is 5.56 Å². The number of hydrogen-bond donors (Lipinski definition) is 1. The van der Waals surface area contributed by atoms with Gasteiger partial charge in [-0.15, -0.1) is 0 Å². The number of hydrogen-bond acceptors (Lipinski definition) is 5. The summed E-state index contributed by atoms with van der Waals surface area (Å²) < 4.78 is 13.0. The van der Waals surface area contributed by atoms with E-state index in [0.717, 1.165) is 71.9 Å². The third-order valence-corrected chi connectivity index (χ3v) is 8.51. The summed E-state index contributed by atoms with van der Waals surface area (Å²) >= 11 is 0. The number of nitrogens with zero attached hydrogens (tertiary/aromatic N) is 1. The normalized spacial score (nSPS) is 16.3. The van der Waals surface area contributed by atoms with Crippen molar-refractivity contribution in [1.82, 2.24) is 0 Å². The molecule has 0 saturated heterocycles. The molecule has 0 amide bonds. The van der Waals surface area contributed by atoms with Crippen LogP contribution in [0.5, 0.6) is 11.5 Å². The molecule has 4 aromatic rings. The van der Waals surface area contributed by atoms with E-state index in [4.69, 9.17) is 9.47 Å². The maximum Gasteiger partial charge on any atom is 0.340 e. The first-order valence-electron chi connectivity index (χ1n) is 15.5. The van der Waals surface area contributed by atoms with Gasteiger partial charge < -0.3 is 19.7 Å². The van der Waals surface area contributed by atoms with Gasteiger partial charge in [-0.05, 0) is 73.9 Å². The zero-order valence-corrected chi connectivity index (χ0v) is 24.9. The monoisotopic (exact) mass is 560 g/mol. The molecule has 1 atom stereocenters. The third-order valence-electron chi connectivity index (χ3n) is 8.51. The van der Waals surface area contributed by atoms with Gasteiger partial charge in [-0.3, -0.25) is 0 Å². The third kappa shape index (κ3) is 5.02. The minimum Gasteiger partial charge on any atom is -0.456 e. The zero-order valence-electron chi connectivity index (χ0n) is 24.9. The van der Waals surface area contributed by atoms with Gasteiger partial charge in [0.2, 0.25) is 0 Å². The fourth-order valence-electron chi connectivity index (χ4n) is 6.34. The van der Waals surface area contributed by atoms with Crippen LogP contribution < -0.4 is 15.0 Å². The highest BCUT2D eigenvalue weighted by molar-refractivity contribution is 5.97. The van der Waals surface area contributed by atoms with E-state index >= 15 is 0 Å². The van der Waals surface area contributed by atoms with Gasteiger partial charge in [0.1, 0.15) is 11.5 Å². The molecular formula is C37H40N2O3. The van der Waals surface area contributed by atoms with Crippen LogP contribution in [0.15, 0.2) is 84.9 Å². The van der Waals surface area contributed by atoms with Gasteiger partial charge in [-0.1, -0.05) is 69.9 Å². The molecule has 4 aromatic carbocycles. The van der Waals surface area contributed by atoms with Gasteiger partial charge in [-0.2, -0.15) is 0 Å². The predicted molar refractivity (Wildman–Crippen MR) is 170 cm³/mol. The summed E-state index contributed by atoms with van der Waals surface area (Å²) in [7, 11) is 0. The first-order chi connectivity index (χ1) is 20.6. The summed E-state index contributed by atoms with van der Waals surface area (Å²) in [6.07, 6.45) is 7.07. The molecular weight excluding hydrogens is 520 g/mol. The van der Waals surface area contributed by atoms with Crippen LogP contribution in [0.1, 0.15) is 85.5 Å². The summed E-state index contributed by atoms with van der Waals surface area (Å²) in [4.78, 5) is 15.7. The second-order valence-electron chi connectivity index (χ2n) is 11.3. The van der Waals surface area contributed by atoms with Gasteiger partial charge in [-0.25, -0.2) is 4.79 Å². The van der Waals surface area contributed by atoms with Crippen LogP contribution >= 0.6 is 0 Å². The predicted octanol–water partition coefficient (Wildman–Crippen LogP) is 9.36. The number of benzene rings is 4. The Morgan fingerprint density at radius 3 is 2.33 bits per heavy atom. The van der Waals surface area contributed by atoms with E-state index in [1.807, 2.05) is 36.4 Å². The number of aryl methyl sites for hydroxylation is 1. The number of ether oxygens (including phenoxy) is 2. The highest BCUT2D eigenvalue weighted by atomic mass is 16.6. The van der Waals surface area contributed by atoms with Gasteiger partial charge in [0.15, 0.2) is 5.60 Å². The lowest BCUT2D eigenvalue weighted by Gasteiger charge is -2.37. The Labute approximate surface area is 249 Å². The summed E-state index contributed by atoms with van der Waals surface area (Å²) in [5.74, 6) is 1.10. The standard InChI is InChI=1S/C37H40N2O3/c1-4-7-8-11-23-39(6-3)29-20-21-32-35(25-29)41-34-22-19-28(38-27-17-15-26(12-5-2)16-18-27)24-33(34)37(32)31-14-10-9-13-30(31)36(40)42-37/h9-10,13-22,24-25,38H,4-8,11-12,23H2,1-3H3. The van der Waals surface area contributed by atoms with Crippen LogP contribution in [0.3, 0.4) is 0 Å². The molecule has 0 bridgehead atoms. The van der Waals surface area contributed by atoms with E-state index in [1.165, 1.54) is 24.8 Å². The molecule has 216 valence electrons. The van der Waals surface area contributed by atoms with Crippen molar-refractivity contribution in [2.75, 3.05) is 23.3 Å². The number of anilines is 3. The maximum atomic E-state index is 13.3. The summed E-state index contributed by atoms with van der Waals surface area (Å²) in [5, 5.41) is 3.55. The first-order valence-corrected chi connectivity index (χ1v) is 15.5. The minimum atomic E-state index is -1.09. The summed E-state index contributed by atoms with van der Waals surface area (Å²) in [6.45, 7) is 8.54. The van der Waals surface area contributed by atoms with Crippen molar-refractivity contribution in [2.24, 2.45) is 0 Å². The summed E-state index contributed by atoms with van der Waals surface area (Å²) in [5.41, 5.74) is 6.38. The van der Waals surface area contributed by atoms with Crippen molar-refractivity contribution in [3.63, 3.8) is 0 Å². The number of rotatable bonds is 11. The number of esters is 1. The van der Waals surface area contributed by atoms with Crippen LogP contribution in [0.2, 0.25) is 0 Å². The Kier molecular flexibility index (Phi) is 7.92. The van der Waals surface area contributed by atoms with Crippen molar-refractivity contribution in [3.8, 4) is 11.5 Å². The van der Waals surface area contributed by atoms with Crippen LogP contribution in [-0.2, 0) is 16.8 Å². The number of carbonyl (C=O) groups is 1. The summed E-state index contributed by atoms with van der Waals surface area (Å²) in [6, 6.07) is 28.7. The number of fused-ring (bicyclic) bond motifs is 6. The van der Waals surface area contributed by atoms with E-state index in [-0.39, 0.29) is 5.97 Å². The lowest BCUT2D eigenvalue weighted by Crippen LogP contribution is -2.33. The number of nitrogens with one attached hydrogen (secondary N) is 1. The molecule has 2 aliphatic heterocycles. The molecule has 42 heavy (non-hydrogen) atoms. The lowest BCUT2D eigenvalue weighted by molar-refractivity contribution is 0.0224. The average Bonchev–Trinajstić information content (AvgIpc) is 3.31. The van der Waals surface area contributed by atoms with E-state index in [0.29, 0.717) is 11.3 Å². The van der Waals surface area contributed by atoms with Gasteiger partial charge >= 0.3 is 5.97 Å². The maximum absolute atomic E-state index is 13.3. The number of unbranched alkanes of at least 4 members (excludes halogenated alkanes) is 3. The Morgan fingerprint density at radius 2 is 1.55 bits per heavy atom. The highest BCUT2D eigenvalue weighted by Crippen LogP contribution is 2.57. The molecule has 5 heteroatoms. The molecule has 2 aliphatic rings. The zero-order chi connectivity index (χ0) is 29.1. The van der Waals surface area contributed by atoms with Crippen molar-refractivity contribution in [3.05, 3.63) is 113 Å². The molecule has 5 nitrogen and oxygen atoms in total. The van der Waals surface area contributed by atoms with E-state index in [9.17, 15) is 4.79 Å². The largest absolute Gasteiger partial charge is 0.456 e. The molecule has 1 N–H and O–H groups in total. The molecule has 1 spiro atoms. The SMILES string of the molecule is CCCCCCN(CC)c1ccc2c(c1)Oc1ccc(Nc3ccc(CCC)cc3)cc1C21OC(=O)c2ccccc21. The molecule has 0 fully saturated rings. The van der Waals surface area contributed by atoms with Crippen LogP contribution in [0, 0.1) is 0 Å². The minimum absolute atomic E-state index is 0.315. The number of carbonyl (C=O) groups excluding carboxylic acids is 1. The molecule has 6 rings (SSSR count). The Bertz CT molecular complexity index is 1580. The molecule has 1 unspecified atom stereocenters. The second kappa shape index (κ2) is 11.9. The quantitative estimate of drug-likeness (QED) is 0.146. The van der Waals surface area contributed by atoms with Crippen molar-refractivity contribution < 1.29 is 14.3 Å². The fraction of sp³-hybridized carbons (Fsp3) is 0.324. The molecule has 2 heterocycles. The fourth-order valence-corrected chi connectivity index (χ4v) is 6.34.